The van der Waals surface area contributed by atoms with Crippen LogP contribution in [-0.2, 0) is 10.8 Å². The highest BCUT2D eigenvalue weighted by atomic mass is 16.4. The Hall–Kier alpha value is -2.56. The molecular formula is C20H24N4O. The summed E-state index contributed by atoms with van der Waals surface area (Å²) in [7, 11) is 0. The standard InChI is InChI=1S/C20H24N4O/c1-19(2,3)14-9-13(10-15(11-14)20(4,5)6)17-23-24-18(25-17)16-12-21-7-8-22-16/h7-12H,1-6H3. The SMILES string of the molecule is CC(C)(C)c1cc(-c2nnc(-c3cnccn3)o2)cc(C(C)(C)C)c1. The van der Waals surface area contributed by atoms with E-state index in [-0.39, 0.29) is 10.8 Å². The van der Waals surface area contributed by atoms with Gasteiger partial charge in [-0.1, -0.05) is 47.6 Å². The maximum Gasteiger partial charge on any atom is 0.268 e. The first kappa shape index (κ1) is 17.3. The minimum absolute atomic E-state index is 0.0315. The Morgan fingerprint density at radius 2 is 1.36 bits per heavy atom. The lowest BCUT2D eigenvalue weighted by Gasteiger charge is -2.25. The second-order valence-corrected chi connectivity index (χ2v) is 8.30. The summed E-state index contributed by atoms with van der Waals surface area (Å²) >= 11 is 0. The summed E-state index contributed by atoms with van der Waals surface area (Å²) in [5.74, 6) is 0.874. The summed E-state index contributed by atoms with van der Waals surface area (Å²) in [6, 6.07) is 6.52. The Balaban J connectivity index is 2.09. The van der Waals surface area contributed by atoms with Crippen molar-refractivity contribution in [2.24, 2.45) is 0 Å². The van der Waals surface area contributed by atoms with Gasteiger partial charge < -0.3 is 4.42 Å². The molecule has 5 heteroatoms. The van der Waals surface area contributed by atoms with E-state index < -0.39 is 0 Å². The number of aromatic nitrogens is 4. The van der Waals surface area contributed by atoms with Gasteiger partial charge in [-0.05, 0) is 34.1 Å². The van der Waals surface area contributed by atoms with Crippen LogP contribution >= 0.6 is 0 Å². The minimum Gasteiger partial charge on any atom is -0.415 e. The molecule has 0 unspecified atom stereocenters. The van der Waals surface area contributed by atoms with E-state index in [1.807, 2.05) is 0 Å². The highest BCUT2D eigenvalue weighted by molar-refractivity contribution is 5.59. The van der Waals surface area contributed by atoms with Gasteiger partial charge in [0.05, 0.1) is 6.20 Å². The summed E-state index contributed by atoms with van der Waals surface area (Å²) in [6.07, 6.45) is 4.84. The molecule has 0 fully saturated rings. The largest absolute Gasteiger partial charge is 0.415 e. The molecule has 25 heavy (non-hydrogen) atoms. The lowest BCUT2D eigenvalue weighted by atomic mass is 9.79. The van der Waals surface area contributed by atoms with Crippen molar-refractivity contribution in [1.82, 2.24) is 20.2 Å². The van der Waals surface area contributed by atoms with Crippen molar-refractivity contribution < 1.29 is 4.42 Å². The van der Waals surface area contributed by atoms with Gasteiger partial charge in [-0.25, -0.2) is 4.98 Å². The second kappa shape index (κ2) is 6.06. The number of rotatable bonds is 2. The topological polar surface area (TPSA) is 64.7 Å². The Kier molecular flexibility index (Phi) is 4.19. The van der Waals surface area contributed by atoms with Crippen molar-refractivity contribution in [1.29, 1.82) is 0 Å². The van der Waals surface area contributed by atoms with Gasteiger partial charge >= 0.3 is 0 Å². The average Bonchev–Trinajstić information content (AvgIpc) is 3.04. The van der Waals surface area contributed by atoms with Gasteiger partial charge in [0, 0.05) is 18.0 Å². The van der Waals surface area contributed by atoms with Crippen LogP contribution in [-0.4, -0.2) is 20.2 Å². The quantitative estimate of drug-likeness (QED) is 0.673. The second-order valence-electron chi connectivity index (χ2n) is 8.30. The Morgan fingerprint density at radius 3 is 1.88 bits per heavy atom. The van der Waals surface area contributed by atoms with Crippen LogP contribution in [0.25, 0.3) is 23.0 Å². The van der Waals surface area contributed by atoms with Crippen LogP contribution in [0.5, 0.6) is 0 Å². The zero-order valence-corrected chi connectivity index (χ0v) is 15.7. The predicted octanol–water partition coefficient (Wildman–Crippen LogP) is 4.79. The van der Waals surface area contributed by atoms with Crippen LogP contribution in [0.1, 0.15) is 52.7 Å². The third-order valence-corrected chi connectivity index (χ3v) is 4.12. The molecule has 0 N–H and O–H groups in total. The number of benzene rings is 1. The lowest BCUT2D eigenvalue weighted by Crippen LogP contribution is -2.16. The van der Waals surface area contributed by atoms with Crippen LogP contribution in [0.3, 0.4) is 0 Å². The monoisotopic (exact) mass is 336 g/mol. The van der Waals surface area contributed by atoms with Gasteiger partial charge in [-0.3, -0.25) is 4.98 Å². The molecule has 0 saturated heterocycles. The van der Waals surface area contributed by atoms with Gasteiger partial charge in [0.1, 0.15) is 5.69 Å². The highest BCUT2D eigenvalue weighted by Gasteiger charge is 2.22. The van der Waals surface area contributed by atoms with Crippen molar-refractivity contribution in [2.75, 3.05) is 0 Å². The van der Waals surface area contributed by atoms with Gasteiger partial charge in [0.15, 0.2) is 0 Å². The van der Waals surface area contributed by atoms with Crippen LogP contribution in [0.4, 0.5) is 0 Å². The van der Waals surface area contributed by atoms with E-state index in [9.17, 15) is 0 Å². The van der Waals surface area contributed by atoms with Crippen LogP contribution < -0.4 is 0 Å². The number of hydrogen-bond acceptors (Lipinski definition) is 5. The lowest BCUT2D eigenvalue weighted by molar-refractivity contribution is 0.564. The van der Waals surface area contributed by atoms with Crippen molar-refractivity contribution in [3.8, 4) is 23.0 Å². The zero-order valence-electron chi connectivity index (χ0n) is 15.7. The Bertz CT molecular complexity index is 838. The zero-order chi connectivity index (χ0) is 18.2. The number of hydrogen-bond donors (Lipinski definition) is 0. The molecule has 2 aromatic heterocycles. The molecule has 5 nitrogen and oxygen atoms in total. The van der Waals surface area contributed by atoms with Gasteiger partial charge in [-0.2, -0.15) is 0 Å². The Morgan fingerprint density at radius 1 is 0.760 bits per heavy atom. The molecular weight excluding hydrogens is 312 g/mol. The third kappa shape index (κ3) is 3.76. The molecule has 130 valence electrons. The molecule has 0 aliphatic heterocycles. The van der Waals surface area contributed by atoms with Crippen molar-refractivity contribution in [3.05, 3.63) is 47.9 Å². The van der Waals surface area contributed by atoms with Gasteiger partial charge in [0.25, 0.3) is 5.89 Å². The molecule has 2 heterocycles. The first-order valence-electron chi connectivity index (χ1n) is 8.41. The molecule has 0 bridgehead atoms. The fraction of sp³-hybridized carbons (Fsp3) is 0.400. The summed E-state index contributed by atoms with van der Waals surface area (Å²) < 4.78 is 5.87. The fourth-order valence-corrected chi connectivity index (χ4v) is 2.47. The van der Waals surface area contributed by atoms with E-state index in [0.717, 1.165) is 5.56 Å². The maximum absolute atomic E-state index is 5.87. The molecule has 0 spiro atoms. The third-order valence-electron chi connectivity index (χ3n) is 4.12. The average molecular weight is 336 g/mol. The molecule has 0 amide bonds. The smallest absolute Gasteiger partial charge is 0.268 e. The van der Waals surface area contributed by atoms with Crippen molar-refractivity contribution in [3.63, 3.8) is 0 Å². The first-order chi connectivity index (χ1) is 11.6. The van der Waals surface area contributed by atoms with Gasteiger partial charge in [0.2, 0.25) is 5.89 Å². The van der Waals surface area contributed by atoms with E-state index in [1.165, 1.54) is 11.1 Å². The molecule has 1 aromatic carbocycles. The molecule has 0 radical (unpaired) electrons. The van der Waals surface area contributed by atoms with Crippen LogP contribution in [0.2, 0.25) is 0 Å². The molecule has 0 aliphatic rings. The molecule has 0 atom stereocenters. The predicted molar refractivity (Wildman–Crippen MR) is 98.2 cm³/mol. The summed E-state index contributed by atoms with van der Waals surface area (Å²) in [6.45, 7) is 13.2. The highest BCUT2D eigenvalue weighted by Crippen LogP contribution is 2.34. The summed E-state index contributed by atoms with van der Waals surface area (Å²) in [4.78, 5) is 8.26. The van der Waals surface area contributed by atoms with Crippen LogP contribution in [0.15, 0.2) is 41.2 Å². The number of nitrogens with zero attached hydrogens (tertiary/aromatic N) is 4. The summed E-state index contributed by atoms with van der Waals surface area (Å²) in [5, 5.41) is 8.35. The normalized spacial score (nSPS) is 12.4. The van der Waals surface area contributed by atoms with E-state index in [4.69, 9.17) is 4.42 Å². The molecule has 0 saturated carbocycles. The van der Waals surface area contributed by atoms with E-state index in [2.05, 4.69) is 79.9 Å². The summed E-state index contributed by atoms with van der Waals surface area (Å²) in [5.41, 5.74) is 4.06. The van der Waals surface area contributed by atoms with E-state index in [0.29, 0.717) is 17.5 Å². The van der Waals surface area contributed by atoms with Crippen LogP contribution in [0, 0.1) is 0 Å². The van der Waals surface area contributed by atoms with Crippen molar-refractivity contribution in [2.45, 2.75) is 52.4 Å². The first-order valence-corrected chi connectivity index (χ1v) is 8.41. The van der Waals surface area contributed by atoms with E-state index in [1.54, 1.807) is 18.6 Å². The molecule has 0 aliphatic carbocycles. The van der Waals surface area contributed by atoms with Crippen molar-refractivity contribution >= 4 is 0 Å². The molecule has 3 aromatic rings. The minimum atomic E-state index is 0.0315. The molecule has 3 rings (SSSR count). The Labute approximate surface area is 148 Å². The van der Waals surface area contributed by atoms with E-state index >= 15 is 0 Å². The van der Waals surface area contributed by atoms with Gasteiger partial charge in [-0.15, -0.1) is 10.2 Å². The maximum atomic E-state index is 5.87. The fourth-order valence-electron chi connectivity index (χ4n) is 2.47.